The average Bonchev–Trinajstić information content (AvgIpc) is 3.11. The highest BCUT2D eigenvalue weighted by Crippen LogP contribution is 2.68. The topological polar surface area (TPSA) is 112 Å². The van der Waals surface area contributed by atoms with Crippen LogP contribution in [0.1, 0.15) is 97.8 Å². The third-order valence-electron chi connectivity index (χ3n) is 11.2. The van der Waals surface area contributed by atoms with Crippen LogP contribution in [-0.2, 0) is 14.9 Å². The summed E-state index contributed by atoms with van der Waals surface area (Å²) in [6.45, 7) is 6.99. The van der Waals surface area contributed by atoms with E-state index in [4.69, 9.17) is 4.55 Å². The van der Waals surface area contributed by atoms with Crippen LogP contribution in [0.2, 0.25) is 0 Å². The molecule has 4 aliphatic carbocycles. The first-order valence-corrected chi connectivity index (χ1v) is 15.3. The molecule has 0 saturated heterocycles. The van der Waals surface area contributed by atoms with Gasteiger partial charge in [0.2, 0.25) is 0 Å². The van der Waals surface area contributed by atoms with Crippen molar-refractivity contribution >= 4 is 15.9 Å². The van der Waals surface area contributed by atoms with Gasteiger partial charge in [-0.05, 0) is 111 Å². The van der Waals surface area contributed by atoms with Crippen LogP contribution in [-0.4, -0.2) is 46.9 Å². The summed E-state index contributed by atoms with van der Waals surface area (Å²) in [5.41, 5.74) is 0.134. The minimum Gasteiger partial charge on any atom is -0.393 e. The van der Waals surface area contributed by atoms with Crippen LogP contribution in [0.3, 0.4) is 0 Å². The fraction of sp³-hybridized carbons (Fsp3) is 0.963. The van der Waals surface area contributed by atoms with E-state index in [0.29, 0.717) is 41.9 Å². The van der Waals surface area contributed by atoms with E-state index in [9.17, 15) is 23.4 Å². The zero-order valence-electron chi connectivity index (χ0n) is 21.3. The van der Waals surface area contributed by atoms with Gasteiger partial charge in [0, 0.05) is 12.8 Å². The van der Waals surface area contributed by atoms with Crippen LogP contribution in [0.5, 0.6) is 0 Å². The Bertz CT molecular complexity index is 857. The van der Waals surface area contributed by atoms with Crippen LogP contribution in [0.4, 0.5) is 0 Å². The molecule has 4 fully saturated rings. The van der Waals surface area contributed by atoms with E-state index < -0.39 is 10.1 Å². The molecule has 10 atom stereocenters. The van der Waals surface area contributed by atoms with Gasteiger partial charge in [-0.3, -0.25) is 9.35 Å². The van der Waals surface area contributed by atoms with Gasteiger partial charge in [0.15, 0.2) is 0 Å². The molecule has 34 heavy (non-hydrogen) atoms. The predicted molar refractivity (Wildman–Crippen MR) is 132 cm³/mol. The quantitative estimate of drug-likeness (QED) is 0.421. The number of rotatable bonds is 8. The lowest BCUT2D eigenvalue weighted by Gasteiger charge is -2.62. The number of carbonyl (C=O) groups is 1. The summed E-state index contributed by atoms with van der Waals surface area (Å²) in [4.78, 5) is 12.3. The number of hydrogen-bond donors (Lipinski definition) is 3. The van der Waals surface area contributed by atoms with Gasteiger partial charge in [0.25, 0.3) is 10.1 Å². The average molecular weight is 499 g/mol. The normalized spacial score (nSPS) is 45.2. The summed E-state index contributed by atoms with van der Waals surface area (Å²) in [7, 11) is -4.01. The van der Waals surface area contributed by atoms with Crippen molar-refractivity contribution in [1.82, 2.24) is 0 Å². The Labute approximate surface area is 206 Å². The predicted octanol–water partition coefficient (Wildman–Crippen LogP) is 4.63. The molecule has 0 heterocycles. The molecule has 0 radical (unpaired) electrons. The highest BCUT2D eigenvalue weighted by atomic mass is 32.2. The molecule has 4 saturated carbocycles. The fourth-order valence-corrected chi connectivity index (χ4v) is 9.84. The zero-order valence-corrected chi connectivity index (χ0v) is 22.1. The molecule has 0 amide bonds. The Balaban J connectivity index is 1.40. The summed E-state index contributed by atoms with van der Waals surface area (Å²) in [5, 5.41) is 21.9. The second kappa shape index (κ2) is 9.75. The van der Waals surface area contributed by atoms with Crippen LogP contribution in [0.25, 0.3) is 0 Å². The molecule has 0 spiro atoms. The third-order valence-corrected chi connectivity index (χ3v) is 12.0. The molecule has 6 nitrogen and oxygen atoms in total. The molecule has 4 aliphatic rings. The van der Waals surface area contributed by atoms with Gasteiger partial charge in [-0.1, -0.05) is 20.8 Å². The number of aliphatic hydroxyl groups excluding tert-OH is 2. The molecule has 4 rings (SSSR count). The Kier molecular flexibility index (Phi) is 7.62. The second-order valence-corrected chi connectivity index (χ2v) is 14.4. The van der Waals surface area contributed by atoms with Gasteiger partial charge in [-0.15, -0.1) is 0 Å². The molecule has 0 aliphatic heterocycles. The zero-order chi connectivity index (χ0) is 24.9. The van der Waals surface area contributed by atoms with Gasteiger partial charge in [-0.25, -0.2) is 0 Å². The molecule has 1 unspecified atom stereocenters. The van der Waals surface area contributed by atoms with Crippen molar-refractivity contribution in [3.63, 3.8) is 0 Å². The minimum atomic E-state index is -4.01. The van der Waals surface area contributed by atoms with Gasteiger partial charge in [0.1, 0.15) is 5.78 Å². The van der Waals surface area contributed by atoms with Crippen molar-refractivity contribution < 1.29 is 28.0 Å². The van der Waals surface area contributed by atoms with Crippen LogP contribution in [0.15, 0.2) is 0 Å². The Morgan fingerprint density at radius 1 is 1.00 bits per heavy atom. The second-order valence-electron chi connectivity index (χ2n) is 12.8. The lowest BCUT2D eigenvalue weighted by molar-refractivity contribution is -0.174. The van der Waals surface area contributed by atoms with E-state index in [0.717, 1.165) is 44.9 Å². The first-order chi connectivity index (χ1) is 15.9. The first kappa shape index (κ1) is 26.6. The Morgan fingerprint density at radius 2 is 1.74 bits per heavy atom. The van der Waals surface area contributed by atoms with Gasteiger partial charge in [-0.2, -0.15) is 8.42 Å². The van der Waals surface area contributed by atoms with Gasteiger partial charge >= 0.3 is 0 Å². The summed E-state index contributed by atoms with van der Waals surface area (Å²) in [6.07, 6.45) is 9.58. The molecule has 7 heteroatoms. The summed E-state index contributed by atoms with van der Waals surface area (Å²) >= 11 is 0. The number of Topliss-reactive ketones (excluding diaryl/α,β-unsaturated/α-hetero) is 1. The minimum absolute atomic E-state index is 0.0604. The third kappa shape index (κ3) is 4.88. The molecular formula is C27H46O6S. The van der Waals surface area contributed by atoms with Crippen molar-refractivity contribution in [1.29, 1.82) is 0 Å². The first-order valence-electron chi connectivity index (χ1n) is 13.7. The Morgan fingerprint density at radius 3 is 2.44 bits per heavy atom. The van der Waals surface area contributed by atoms with Crippen molar-refractivity contribution in [3.8, 4) is 0 Å². The monoisotopic (exact) mass is 498 g/mol. The van der Waals surface area contributed by atoms with E-state index >= 15 is 0 Å². The summed E-state index contributed by atoms with van der Waals surface area (Å²) < 4.78 is 30.6. The van der Waals surface area contributed by atoms with Crippen molar-refractivity contribution in [2.75, 3.05) is 5.75 Å². The molecule has 0 aromatic carbocycles. The number of carbonyl (C=O) groups excluding carboxylic acids is 1. The molecule has 0 aromatic heterocycles. The maximum atomic E-state index is 12.3. The van der Waals surface area contributed by atoms with Gasteiger partial charge in [0.05, 0.1) is 18.0 Å². The van der Waals surface area contributed by atoms with E-state index in [1.807, 2.05) is 0 Å². The van der Waals surface area contributed by atoms with Crippen LogP contribution < -0.4 is 0 Å². The largest absolute Gasteiger partial charge is 0.393 e. The van der Waals surface area contributed by atoms with E-state index in [2.05, 4.69) is 20.8 Å². The molecule has 196 valence electrons. The summed E-state index contributed by atoms with van der Waals surface area (Å²) in [6, 6.07) is 0. The summed E-state index contributed by atoms with van der Waals surface area (Å²) in [5.74, 6) is 2.76. The molecule has 0 bridgehead atoms. The van der Waals surface area contributed by atoms with E-state index in [-0.39, 0.29) is 47.4 Å². The molecule has 3 N–H and O–H groups in total. The maximum Gasteiger partial charge on any atom is 0.264 e. The molecular weight excluding hydrogens is 452 g/mol. The van der Waals surface area contributed by atoms with Crippen LogP contribution in [0, 0.1) is 46.3 Å². The lowest BCUT2D eigenvalue weighted by Crippen LogP contribution is -2.58. The SMILES string of the molecule is C[C@H](CCC(=O)CCCS(=O)(=O)O)C1CC[C@H]2[C@@H]3CC[C@@H]4C[C@H](O)CC[C@]4(C)[C@H]3C[C@H](O)[C@]12C. The van der Waals surface area contributed by atoms with Crippen molar-refractivity contribution in [2.24, 2.45) is 46.3 Å². The number of aliphatic hydroxyl groups is 2. The highest BCUT2D eigenvalue weighted by Gasteiger charge is 2.63. The van der Waals surface area contributed by atoms with Crippen LogP contribution >= 0.6 is 0 Å². The lowest BCUT2D eigenvalue weighted by atomic mass is 9.43. The van der Waals surface area contributed by atoms with Crippen molar-refractivity contribution in [3.05, 3.63) is 0 Å². The van der Waals surface area contributed by atoms with E-state index in [1.165, 1.54) is 12.8 Å². The number of fused-ring (bicyclic) bond motifs is 5. The fourth-order valence-electron chi connectivity index (χ4n) is 9.33. The smallest absolute Gasteiger partial charge is 0.264 e. The standard InChI is InChI=1S/C27H46O6S/c1-17(6-8-19(28)5-4-14-34(31,32)33)22-10-11-23-21-9-7-18-15-20(29)12-13-26(18,2)24(21)16-25(30)27(22,23)3/h17-18,20-25,29-30H,4-16H2,1-3H3,(H,31,32,33)/t17-,18-,20-,21+,22?,23+,24+,25+,26+,27-/m1/s1. The Hall–Kier alpha value is -0.500. The number of ketones is 1. The molecule has 0 aromatic rings. The van der Waals surface area contributed by atoms with Crippen molar-refractivity contribution in [2.45, 2.75) is 110 Å². The van der Waals surface area contributed by atoms with Gasteiger partial charge < -0.3 is 10.2 Å². The maximum absolute atomic E-state index is 12.3. The van der Waals surface area contributed by atoms with E-state index in [1.54, 1.807) is 0 Å². The number of hydrogen-bond acceptors (Lipinski definition) is 5. The highest BCUT2D eigenvalue weighted by molar-refractivity contribution is 7.85.